The molecule has 1 N–H and O–H groups in total. The molecule has 1 nitrogen and oxygen atoms in total. The van der Waals surface area contributed by atoms with Crippen molar-refractivity contribution >= 4 is 0 Å². The molecule has 2 fully saturated rings. The molecule has 0 heterocycles. The quantitative estimate of drug-likeness (QED) is 0.847. The highest BCUT2D eigenvalue weighted by molar-refractivity contribution is 5.29. The van der Waals surface area contributed by atoms with Crippen LogP contribution in [0.5, 0.6) is 0 Å². The smallest absolute Gasteiger partial charge is 0.314 e. The van der Waals surface area contributed by atoms with Crippen molar-refractivity contribution in [1.82, 2.24) is 5.32 Å². The van der Waals surface area contributed by atoms with Gasteiger partial charge in [-0.15, -0.1) is 0 Å². The average Bonchev–Trinajstić information content (AvgIpc) is 3.29. The highest BCUT2D eigenvalue weighted by Gasteiger charge is 2.33. The summed E-state index contributed by atoms with van der Waals surface area (Å²) in [5.74, 6) is 0.745. The molecule has 2 aliphatic rings. The van der Waals surface area contributed by atoms with Gasteiger partial charge in [-0.2, -0.15) is 13.2 Å². The van der Waals surface area contributed by atoms with E-state index in [0.29, 0.717) is 12.0 Å². The van der Waals surface area contributed by atoms with E-state index in [2.05, 4.69) is 5.32 Å². The van der Waals surface area contributed by atoms with Crippen molar-refractivity contribution in [2.45, 2.75) is 56.7 Å². The minimum atomic E-state index is -4.24. The SMILES string of the molecule is FC(F)(F)c1cccc(C2CCCCC2CNC2CC2)c1. The number of halogens is 3. The first-order valence-electron chi connectivity index (χ1n) is 7.94. The largest absolute Gasteiger partial charge is 0.416 e. The topological polar surface area (TPSA) is 12.0 Å². The molecule has 0 radical (unpaired) electrons. The first kappa shape index (κ1) is 14.9. The maximum absolute atomic E-state index is 12.9. The van der Waals surface area contributed by atoms with E-state index in [4.69, 9.17) is 0 Å². The summed E-state index contributed by atoms with van der Waals surface area (Å²) >= 11 is 0. The molecule has 116 valence electrons. The Morgan fingerprint density at radius 3 is 2.52 bits per heavy atom. The number of hydrogen-bond acceptors (Lipinski definition) is 1. The molecule has 1 aromatic rings. The third-order valence-corrected chi connectivity index (χ3v) is 4.80. The molecule has 0 bridgehead atoms. The first-order chi connectivity index (χ1) is 10.0. The lowest BCUT2D eigenvalue weighted by Gasteiger charge is -2.32. The Balaban J connectivity index is 1.75. The molecule has 1 aromatic carbocycles. The van der Waals surface area contributed by atoms with Gasteiger partial charge in [0.2, 0.25) is 0 Å². The van der Waals surface area contributed by atoms with Crippen LogP contribution in [-0.4, -0.2) is 12.6 Å². The Morgan fingerprint density at radius 1 is 1.05 bits per heavy atom. The monoisotopic (exact) mass is 297 g/mol. The Kier molecular flexibility index (Phi) is 4.25. The summed E-state index contributed by atoms with van der Waals surface area (Å²) in [6.45, 7) is 0.950. The number of benzene rings is 1. The van der Waals surface area contributed by atoms with Crippen LogP contribution in [0.4, 0.5) is 13.2 Å². The van der Waals surface area contributed by atoms with Gasteiger partial charge >= 0.3 is 6.18 Å². The molecule has 3 rings (SSSR count). The van der Waals surface area contributed by atoms with Crippen LogP contribution in [0, 0.1) is 5.92 Å². The summed E-state index contributed by atoms with van der Waals surface area (Å²) in [7, 11) is 0. The lowest BCUT2D eigenvalue weighted by molar-refractivity contribution is -0.137. The fourth-order valence-electron chi connectivity index (χ4n) is 3.44. The Labute approximate surface area is 123 Å². The fraction of sp³-hybridized carbons (Fsp3) is 0.647. The van der Waals surface area contributed by atoms with Crippen molar-refractivity contribution in [3.05, 3.63) is 35.4 Å². The van der Waals surface area contributed by atoms with Gasteiger partial charge in [-0.05, 0) is 55.7 Å². The van der Waals surface area contributed by atoms with Gasteiger partial charge in [-0.1, -0.05) is 31.0 Å². The minimum Gasteiger partial charge on any atom is -0.314 e. The van der Waals surface area contributed by atoms with Crippen LogP contribution in [0.2, 0.25) is 0 Å². The standard InChI is InChI=1S/C17H22F3N/c18-17(19,20)14-6-3-5-12(10-14)16-7-2-1-4-13(16)11-21-15-8-9-15/h3,5-6,10,13,15-16,21H,1-2,4,7-9,11H2. The molecule has 0 amide bonds. The van der Waals surface area contributed by atoms with Crippen LogP contribution in [0.15, 0.2) is 24.3 Å². The number of alkyl halides is 3. The number of rotatable bonds is 4. The van der Waals surface area contributed by atoms with Crippen molar-refractivity contribution in [3.63, 3.8) is 0 Å². The molecule has 21 heavy (non-hydrogen) atoms. The van der Waals surface area contributed by atoms with E-state index in [-0.39, 0.29) is 5.92 Å². The lowest BCUT2D eigenvalue weighted by atomic mass is 9.75. The summed E-state index contributed by atoms with van der Waals surface area (Å²) in [5, 5.41) is 3.55. The second-order valence-corrected chi connectivity index (χ2v) is 6.46. The molecule has 2 unspecified atom stereocenters. The van der Waals surface area contributed by atoms with E-state index in [1.165, 1.54) is 31.4 Å². The summed E-state index contributed by atoms with van der Waals surface area (Å²) < 4.78 is 38.6. The van der Waals surface area contributed by atoms with Gasteiger partial charge in [-0.3, -0.25) is 0 Å². The number of nitrogens with one attached hydrogen (secondary N) is 1. The van der Waals surface area contributed by atoms with E-state index in [0.717, 1.165) is 31.4 Å². The molecule has 2 aliphatic carbocycles. The zero-order chi connectivity index (χ0) is 14.9. The molecule has 0 spiro atoms. The predicted molar refractivity (Wildman–Crippen MR) is 77.2 cm³/mol. The van der Waals surface area contributed by atoms with Gasteiger partial charge in [0.15, 0.2) is 0 Å². The van der Waals surface area contributed by atoms with Gasteiger partial charge in [-0.25, -0.2) is 0 Å². The van der Waals surface area contributed by atoms with Gasteiger partial charge < -0.3 is 5.32 Å². The maximum atomic E-state index is 12.9. The zero-order valence-electron chi connectivity index (χ0n) is 12.1. The third-order valence-electron chi connectivity index (χ3n) is 4.80. The van der Waals surface area contributed by atoms with Gasteiger partial charge in [0, 0.05) is 6.04 Å². The Bertz CT molecular complexity index is 479. The number of hydrogen-bond donors (Lipinski definition) is 1. The van der Waals surface area contributed by atoms with E-state index in [1.54, 1.807) is 6.07 Å². The molecule has 2 saturated carbocycles. The van der Waals surface area contributed by atoms with E-state index < -0.39 is 11.7 Å². The van der Waals surface area contributed by atoms with Crippen molar-refractivity contribution in [3.8, 4) is 0 Å². The fourth-order valence-corrected chi connectivity index (χ4v) is 3.44. The van der Waals surface area contributed by atoms with Gasteiger partial charge in [0.05, 0.1) is 5.56 Å². The Morgan fingerprint density at radius 2 is 1.81 bits per heavy atom. The van der Waals surface area contributed by atoms with Crippen LogP contribution in [0.3, 0.4) is 0 Å². The van der Waals surface area contributed by atoms with Crippen LogP contribution in [-0.2, 0) is 6.18 Å². The van der Waals surface area contributed by atoms with E-state index in [1.807, 2.05) is 6.07 Å². The molecule has 0 saturated heterocycles. The van der Waals surface area contributed by atoms with Crippen LogP contribution < -0.4 is 5.32 Å². The lowest BCUT2D eigenvalue weighted by Crippen LogP contribution is -2.30. The van der Waals surface area contributed by atoms with Gasteiger partial charge in [0.1, 0.15) is 0 Å². The highest BCUT2D eigenvalue weighted by Crippen LogP contribution is 2.40. The highest BCUT2D eigenvalue weighted by atomic mass is 19.4. The summed E-state index contributed by atoms with van der Waals surface area (Å²) in [4.78, 5) is 0. The Hall–Kier alpha value is -1.03. The molecule has 0 aromatic heterocycles. The average molecular weight is 297 g/mol. The maximum Gasteiger partial charge on any atom is 0.416 e. The van der Waals surface area contributed by atoms with E-state index in [9.17, 15) is 13.2 Å². The van der Waals surface area contributed by atoms with Crippen LogP contribution in [0.25, 0.3) is 0 Å². The van der Waals surface area contributed by atoms with Crippen molar-refractivity contribution in [1.29, 1.82) is 0 Å². The molecule has 0 aliphatic heterocycles. The van der Waals surface area contributed by atoms with Crippen molar-refractivity contribution in [2.24, 2.45) is 5.92 Å². The molecular weight excluding hydrogens is 275 g/mol. The van der Waals surface area contributed by atoms with E-state index >= 15 is 0 Å². The summed E-state index contributed by atoms with van der Waals surface area (Å²) in [5.41, 5.74) is 0.353. The first-order valence-corrected chi connectivity index (χ1v) is 7.94. The second-order valence-electron chi connectivity index (χ2n) is 6.46. The summed E-state index contributed by atoms with van der Waals surface area (Å²) in [6, 6.07) is 6.62. The minimum absolute atomic E-state index is 0.271. The second kappa shape index (κ2) is 5.99. The normalized spacial score (nSPS) is 26.8. The van der Waals surface area contributed by atoms with Crippen LogP contribution in [0.1, 0.15) is 55.6 Å². The van der Waals surface area contributed by atoms with Crippen molar-refractivity contribution in [2.75, 3.05) is 6.54 Å². The molecular formula is C17H22F3N. The predicted octanol–water partition coefficient (Wildman–Crippen LogP) is 4.73. The molecule has 2 atom stereocenters. The molecule has 4 heteroatoms. The van der Waals surface area contributed by atoms with Crippen molar-refractivity contribution < 1.29 is 13.2 Å². The van der Waals surface area contributed by atoms with Crippen LogP contribution >= 0.6 is 0 Å². The zero-order valence-corrected chi connectivity index (χ0v) is 12.1. The summed E-state index contributed by atoms with van der Waals surface area (Å²) in [6.07, 6.45) is 2.72. The third kappa shape index (κ3) is 3.79. The van der Waals surface area contributed by atoms with Gasteiger partial charge in [0.25, 0.3) is 0 Å².